The van der Waals surface area contributed by atoms with Crippen LogP contribution in [-0.4, -0.2) is 10.9 Å². The Morgan fingerprint density at radius 2 is 1.81 bits per heavy atom. The minimum absolute atomic E-state index is 0.131. The normalized spacial score (nSPS) is 11.3. The molecule has 1 heterocycles. The Kier molecular flexibility index (Phi) is 3.97. The molecule has 2 aromatic rings. The molecule has 0 aliphatic carbocycles. The fraction of sp³-hybridized carbons (Fsp3) is 0.200. The molecule has 0 fully saturated rings. The molecule has 1 N–H and O–H groups in total. The number of nitrogens with one attached hydrogen (secondary N) is 1. The van der Waals surface area contributed by atoms with Gasteiger partial charge in [-0.15, -0.1) is 0 Å². The molecule has 0 spiro atoms. The van der Waals surface area contributed by atoms with Gasteiger partial charge >= 0.3 is 6.18 Å². The van der Waals surface area contributed by atoms with Gasteiger partial charge in [0.25, 0.3) is 5.91 Å². The number of amides is 1. The lowest BCUT2D eigenvalue weighted by atomic mass is 10.1. The van der Waals surface area contributed by atoms with Gasteiger partial charge in [0.1, 0.15) is 5.82 Å². The van der Waals surface area contributed by atoms with Crippen LogP contribution in [0.1, 0.15) is 27.0 Å². The van der Waals surface area contributed by atoms with E-state index in [4.69, 9.17) is 0 Å². The van der Waals surface area contributed by atoms with Gasteiger partial charge in [-0.3, -0.25) is 4.79 Å². The number of nitrogens with zero attached hydrogens (tertiary/aromatic N) is 1. The molecule has 1 aromatic heterocycles. The van der Waals surface area contributed by atoms with E-state index in [2.05, 4.69) is 10.3 Å². The highest BCUT2D eigenvalue weighted by Gasteiger charge is 2.30. The number of pyridine rings is 1. The van der Waals surface area contributed by atoms with Gasteiger partial charge in [0.2, 0.25) is 0 Å². The summed E-state index contributed by atoms with van der Waals surface area (Å²) in [5.74, 6) is -0.627. The Morgan fingerprint density at radius 1 is 1.10 bits per heavy atom. The Morgan fingerprint density at radius 3 is 2.43 bits per heavy atom. The molecule has 0 bridgehead atoms. The second-order valence-electron chi connectivity index (χ2n) is 4.68. The summed E-state index contributed by atoms with van der Waals surface area (Å²) in [6.45, 7) is 3.76. The first-order valence-electron chi connectivity index (χ1n) is 6.19. The SMILES string of the molecule is Cc1ccc(C(=O)Nc2cc(C(F)(F)F)ccn2)cc1C. The van der Waals surface area contributed by atoms with Crippen LogP contribution in [0.4, 0.5) is 19.0 Å². The van der Waals surface area contributed by atoms with E-state index in [0.717, 1.165) is 29.5 Å². The van der Waals surface area contributed by atoms with E-state index >= 15 is 0 Å². The zero-order valence-electron chi connectivity index (χ0n) is 11.5. The lowest BCUT2D eigenvalue weighted by Gasteiger charge is -2.09. The van der Waals surface area contributed by atoms with E-state index in [-0.39, 0.29) is 5.82 Å². The van der Waals surface area contributed by atoms with Crippen LogP contribution in [0, 0.1) is 13.8 Å². The molecule has 6 heteroatoms. The summed E-state index contributed by atoms with van der Waals surface area (Å²) >= 11 is 0. The van der Waals surface area contributed by atoms with Crippen LogP contribution in [0.3, 0.4) is 0 Å². The van der Waals surface area contributed by atoms with Crippen molar-refractivity contribution in [1.82, 2.24) is 4.98 Å². The average molecular weight is 294 g/mol. The van der Waals surface area contributed by atoms with Gasteiger partial charge in [0.05, 0.1) is 5.56 Å². The van der Waals surface area contributed by atoms with Gasteiger partial charge in [-0.05, 0) is 49.2 Å². The lowest BCUT2D eigenvalue weighted by molar-refractivity contribution is -0.137. The minimum atomic E-state index is -4.47. The third-order valence-electron chi connectivity index (χ3n) is 3.10. The molecule has 1 amide bonds. The Hall–Kier alpha value is -2.37. The van der Waals surface area contributed by atoms with Crippen molar-refractivity contribution in [2.75, 3.05) is 5.32 Å². The highest BCUT2D eigenvalue weighted by Crippen LogP contribution is 2.29. The van der Waals surface area contributed by atoms with Gasteiger partial charge in [-0.25, -0.2) is 4.98 Å². The van der Waals surface area contributed by atoms with Gasteiger partial charge in [-0.2, -0.15) is 13.2 Å². The summed E-state index contributed by atoms with van der Waals surface area (Å²) in [7, 11) is 0. The van der Waals surface area contributed by atoms with E-state index in [1.54, 1.807) is 18.2 Å². The van der Waals surface area contributed by atoms with E-state index in [1.807, 2.05) is 13.8 Å². The maximum absolute atomic E-state index is 12.6. The van der Waals surface area contributed by atoms with Gasteiger partial charge in [0.15, 0.2) is 0 Å². The minimum Gasteiger partial charge on any atom is -0.307 e. The number of aromatic nitrogens is 1. The summed E-state index contributed by atoms with van der Waals surface area (Å²) < 4.78 is 37.8. The van der Waals surface area contributed by atoms with Crippen molar-refractivity contribution in [3.63, 3.8) is 0 Å². The van der Waals surface area contributed by atoms with Crippen LogP contribution in [0.15, 0.2) is 36.5 Å². The number of benzene rings is 1. The third kappa shape index (κ3) is 3.59. The predicted octanol–water partition coefficient (Wildman–Crippen LogP) is 3.97. The first kappa shape index (κ1) is 15.0. The maximum Gasteiger partial charge on any atom is 0.416 e. The molecule has 21 heavy (non-hydrogen) atoms. The van der Waals surface area contributed by atoms with Crippen molar-refractivity contribution in [1.29, 1.82) is 0 Å². The summed E-state index contributed by atoms with van der Waals surface area (Å²) in [4.78, 5) is 15.7. The quantitative estimate of drug-likeness (QED) is 0.910. The Balaban J connectivity index is 2.21. The number of hydrogen-bond donors (Lipinski definition) is 1. The third-order valence-corrected chi connectivity index (χ3v) is 3.10. The van der Waals surface area contributed by atoms with Crippen LogP contribution in [0.5, 0.6) is 0 Å². The first-order valence-corrected chi connectivity index (χ1v) is 6.19. The fourth-order valence-corrected chi connectivity index (χ4v) is 1.75. The molecule has 1 aromatic carbocycles. The number of anilines is 1. The molecule has 0 radical (unpaired) electrons. The second-order valence-corrected chi connectivity index (χ2v) is 4.68. The Bertz CT molecular complexity index is 681. The predicted molar refractivity (Wildman–Crippen MR) is 73.1 cm³/mol. The molecule has 0 unspecified atom stereocenters. The molecule has 0 aliphatic rings. The number of rotatable bonds is 2. The second kappa shape index (κ2) is 5.55. The fourth-order valence-electron chi connectivity index (χ4n) is 1.75. The largest absolute Gasteiger partial charge is 0.416 e. The van der Waals surface area contributed by atoms with E-state index < -0.39 is 17.6 Å². The zero-order chi connectivity index (χ0) is 15.6. The number of carbonyl (C=O) groups is 1. The van der Waals surface area contributed by atoms with Gasteiger partial charge in [0, 0.05) is 11.8 Å². The van der Waals surface area contributed by atoms with E-state index in [9.17, 15) is 18.0 Å². The van der Waals surface area contributed by atoms with Crippen LogP contribution < -0.4 is 5.32 Å². The van der Waals surface area contributed by atoms with Crippen LogP contribution >= 0.6 is 0 Å². The number of alkyl halides is 3. The van der Waals surface area contributed by atoms with Crippen molar-refractivity contribution in [3.05, 3.63) is 58.8 Å². The Labute approximate surface area is 119 Å². The molecule has 110 valence electrons. The molecule has 0 atom stereocenters. The van der Waals surface area contributed by atoms with Crippen LogP contribution in [0.2, 0.25) is 0 Å². The molecular formula is C15H13F3N2O. The molecule has 0 saturated heterocycles. The van der Waals surface area contributed by atoms with Crippen LogP contribution in [0.25, 0.3) is 0 Å². The summed E-state index contributed by atoms with van der Waals surface area (Å²) in [6, 6.07) is 6.73. The lowest BCUT2D eigenvalue weighted by Crippen LogP contribution is -2.14. The van der Waals surface area contributed by atoms with Crippen molar-refractivity contribution in [2.24, 2.45) is 0 Å². The van der Waals surface area contributed by atoms with Crippen molar-refractivity contribution < 1.29 is 18.0 Å². The van der Waals surface area contributed by atoms with Gasteiger partial charge in [-0.1, -0.05) is 6.07 Å². The van der Waals surface area contributed by atoms with Crippen LogP contribution in [-0.2, 0) is 6.18 Å². The number of aryl methyl sites for hydroxylation is 2. The highest BCUT2D eigenvalue weighted by molar-refractivity contribution is 6.03. The van der Waals surface area contributed by atoms with Crippen molar-refractivity contribution in [3.8, 4) is 0 Å². The average Bonchev–Trinajstić information content (AvgIpc) is 2.41. The molecule has 3 nitrogen and oxygen atoms in total. The molecule has 0 saturated carbocycles. The van der Waals surface area contributed by atoms with Gasteiger partial charge < -0.3 is 5.32 Å². The monoisotopic (exact) mass is 294 g/mol. The standard InChI is InChI=1S/C15H13F3N2O/c1-9-3-4-11(7-10(9)2)14(21)20-13-8-12(5-6-19-13)15(16,17)18/h3-8H,1-2H3,(H,19,20,21). The first-order chi connectivity index (χ1) is 9.77. The number of halogens is 3. The highest BCUT2D eigenvalue weighted by atomic mass is 19.4. The molecular weight excluding hydrogens is 281 g/mol. The number of hydrogen-bond acceptors (Lipinski definition) is 2. The van der Waals surface area contributed by atoms with E-state index in [1.165, 1.54) is 0 Å². The molecule has 2 rings (SSSR count). The summed E-state index contributed by atoms with van der Waals surface area (Å²) in [5.41, 5.74) is 1.48. The zero-order valence-corrected chi connectivity index (χ0v) is 11.5. The van der Waals surface area contributed by atoms with Crippen molar-refractivity contribution >= 4 is 11.7 Å². The van der Waals surface area contributed by atoms with Crippen molar-refractivity contribution in [2.45, 2.75) is 20.0 Å². The summed E-state index contributed by atoms with van der Waals surface area (Å²) in [6.07, 6.45) is -3.46. The topological polar surface area (TPSA) is 42.0 Å². The van der Waals surface area contributed by atoms with E-state index in [0.29, 0.717) is 5.56 Å². The number of carbonyl (C=O) groups excluding carboxylic acids is 1. The molecule has 0 aliphatic heterocycles. The smallest absolute Gasteiger partial charge is 0.307 e. The maximum atomic E-state index is 12.6. The summed E-state index contributed by atoms with van der Waals surface area (Å²) in [5, 5.41) is 2.37.